The van der Waals surface area contributed by atoms with Crippen LogP contribution in [0.15, 0.2) is 42.5 Å². The molecule has 1 saturated carbocycles. The van der Waals surface area contributed by atoms with E-state index in [9.17, 15) is 26.7 Å². The van der Waals surface area contributed by atoms with Crippen LogP contribution >= 0.6 is 0 Å². The van der Waals surface area contributed by atoms with Gasteiger partial charge in [-0.25, -0.2) is 8.78 Å². The van der Waals surface area contributed by atoms with E-state index < -0.39 is 28.8 Å². The van der Waals surface area contributed by atoms with E-state index in [-0.39, 0.29) is 17.6 Å². The van der Waals surface area contributed by atoms with Gasteiger partial charge in [-0.15, -0.1) is 0 Å². The molecule has 0 bridgehead atoms. The molecule has 0 radical (unpaired) electrons. The molecule has 4 rings (SSSR count). The Morgan fingerprint density at radius 2 is 1.86 bits per heavy atom. The summed E-state index contributed by atoms with van der Waals surface area (Å²) < 4.78 is 66.1. The van der Waals surface area contributed by atoms with Crippen LogP contribution in [0, 0.1) is 11.6 Å². The summed E-state index contributed by atoms with van der Waals surface area (Å²) in [5.41, 5.74) is -1.07. The van der Waals surface area contributed by atoms with Gasteiger partial charge in [0.1, 0.15) is 11.6 Å². The number of anilines is 1. The van der Waals surface area contributed by atoms with E-state index in [4.69, 9.17) is 0 Å². The largest absolute Gasteiger partial charge is 0.416 e. The molecular formula is C21H19F5N2O. The molecule has 2 fully saturated rings. The van der Waals surface area contributed by atoms with E-state index in [1.807, 2.05) is 0 Å². The van der Waals surface area contributed by atoms with Crippen molar-refractivity contribution in [2.24, 2.45) is 0 Å². The second kappa shape index (κ2) is 7.00. The fourth-order valence-electron chi connectivity index (χ4n) is 3.92. The highest BCUT2D eigenvalue weighted by Gasteiger charge is 2.52. The monoisotopic (exact) mass is 410 g/mol. The van der Waals surface area contributed by atoms with Crippen LogP contribution in [0.25, 0.3) is 0 Å². The van der Waals surface area contributed by atoms with E-state index in [0.29, 0.717) is 37.9 Å². The highest BCUT2D eigenvalue weighted by atomic mass is 19.4. The Morgan fingerprint density at radius 3 is 2.52 bits per heavy atom. The van der Waals surface area contributed by atoms with Gasteiger partial charge < -0.3 is 10.2 Å². The SMILES string of the molecule is O=C(NC1CCN(c2ccc(F)cc2F)C1)C1(c2cccc(C(F)(F)F)c2)CC1. The van der Waals surface area contributed by atoms with Gasteiger partial charge in [0.05, 0.1) is 16.7 Å². The summed E-state index contributed by atoms with van der Waals surface area (Å²) in [4.78, 5) is 14.6. The lowest BCUT2D eigenvalue weighted by molar-refractivity contribution is -0.137. The van der Waals surface area contributed by atoms with Crippen LogP contribution in [0.1, 0.15) is 30.4 Å². The number of carbonyl (C=O) groups is 1. The van der Waals surface area contributed by atoms with E-state index in [1.54, 1.807) is 11.0 Å². The molecule has 1 atom stereocenters. The third-order valence-corrected chi connectivity index (χ3v) is 5.70. The zero-order chi connectivity index (χ0) is 20.8. The first-order valence-electron chi connectivity index (χ1n) is 9.38. The summed E-state index contributed by atoms with van der Waals surface area (Å²) in [6.07, 6.45) is -2.92. The Kier molecular flexibility index (Phi) is 4.75. The summed E-state index contributed by atoms with van der Waals surface area (Å²) in [6, 6.07) is 8.00. The van der Waals surface area contributed by atoms with Gasteiger partial charge >= 0.3 is 6.18 Å². The minimum atomic E-state index is -4.46. The first kappa shape index (κ1) is 19.7. The van der Waals surface area contributed by atoms with Crippen molar-refractivity contribution in [2.45, 2.75) is 36.9 Å². The highest BCUT2D eigenvalue weighted by Crippen LogP contribution is 2.49. The molecule has 2 aliphatic rings. The van der Waals surface area contributed by atoms with Crippen molar-refractivity contribution in [1.29, 1.82) is 0 Å². The molecule has 1 saturated heterocycles. The summed E-state index contributed by atoms with van der Waals surface area (Å²) in [6.45, 7) is 0.844. The van der Waals surface area contributed by atoms with Crippen LogP contribution in [0.2, 0.25) is 0 Å². The summed E-state index contributed by atoms with van der Waals surface area (Å²) in [5, 5.41) is 2.91. The molecule has 0 spiro atoms. The van der Waals surface area contributed by atoms with Gasteiger partial charge in [0.25, 0.3) is 0 Å². The van der Waals surface area contributed by atoms with Crippen molar-refractivity contribution in [3.8, 4) is 0 Å². The number of nitrogens with zero attached hydrogens (tertiary/aromatic N) is 1. The lowest BCUT2D eigenvalue weighted by Gasteiger charge is -2.22. The molecule has 1 aliphatic heterocycles. The minimum absolute atomic E-state index is 0.254. The highest BCUT2D eigenvalue weighted by molar-refractivity contribution is 5.91. The van der Waals surface area contributed by atoms with Crippen molar-refractivity contribution >= 4 is 11.6 Å². The number of benzene rings is 2. The Hall–Kier alpha value is -2.64. The molecule has 1 aliphatic carbocycles. The Bertz CT molecular complexity index is 939. The molecule has 1 heterocycles. The Balaban J connectivity index is 1.45. The lowest BCUT2D eigenvalue weighted by Crippen LogP contribution is -2.43. The number of amides is 1. The third-order valence-electron chi connectivity index (χ3n) is 5.70. The van der Waals surface area contributed by atoms with E-state index >= 15 is 0 Å². The first-order valence-corrected chi connectivity index (χ1v) is 9.38. The number of carbonyl (C=O) groups excluding carboxylic acids is 1. The molecule has 1 amide bonds. The maximum atomic E-state index is 14.0. The van der Waals surface area contributed by atoms with Gasteiger partial charge in [-0.1, -0.05) is 18.2 Å². The van der Waals surface area contributed by atoms with Gasteiger partial charge in [-0.3, -0.25) is 4.79 Å². The number of hydrogen-bond donors (Lipinski definition) is 1. The second-order valence-electron chi connectivity index (χ2n) is 7.66. The number of rotatable bonds is 4. The Labute approximate surface area is 164 Å². The van der Waals surface area contributed by atoms with Crippen molar-refractivity contribution in [3.05, 3.63) is 65.2 Å². The normalized spacial score (nSPS) is 20.6. The quantitative estimate of drug-likeness (QED) is 0.758. The molecule has 1 N–H and O–H groups in total. The number of alkyl halides is 3. The summed E-state index contributed by atoms with van der Waals surface area (Å²) in [5.74, 6) is -1.63. The molecule has 0 aromatic heterocycles. The fourth-order valence-corrected chi connectivity index (χ4v) is 3.92. The lowest BCUT2D eigenvalue weighted by atomic mass is 9.93. The van der Waals surface area contributed by atoms with Crippen LogP contribution < -0.4 is 10.2 Å². The van der Waals surface area contributed by atoms with Gasteiger partial charge in [-0.2, -0.15) is 13.2 Å². The zero-order valence-electron chi connectivity index (χ0n) is 15.4. The standard InChI is InChI=1S/C21H19F5N2O/c22-15-4-5-18(17(23)11-15)28-9-6-16(12-28)27-19(29)20(7-8-20)13-2-1-3-14(10-13)21(24,25)26/h1-5,10-11,16H,6-9,12H2,(H,27,29). The molecule has 2 aromatic rings. The van der Waals surface area contributed by atoms with Crippen LogP contribution in [0.4, 0.5) is 27.6 Å². The molecule has 29 heavy (non-hydrogen) atoms. The molecule has 8 heteroatoms. The zero-order valence-corrected chi connectivity index (χ0v) is 15.4. The topological polar surface area (TPSA) is 32.3 Å². The second-order valence-corrected chi connectivity index (χ2v) is 7.66. The summed E-state index contributed by atoms with van der Waals surface area (Å²) in [7, 11) is 0. The van der Waals surface area contributed by atoms with Crippen molar-refractivity contribution in [3.63, 3.8) is 0 Å². The van der Waals surface area contributed by atoms with Crippen LogP contribution in [0.3, 0.4) is 0 Å². The third kappa shape index (κ3) is 3.80. The minimum Gasteiger partial charge on any atom is -0.367 e. The van der Waals surface area contributed by atoms with Gasteiger partial charge in [0, 0.05) is 25.2 Å². The van der Waals surface area contributed by atoms with Gasteiger partial charge in [0.15, 0.2) is 0 Å². The molecule has 154 valence electrons. The average molecular weight is 410 g/mol. The predicted molar refractivity (Wildman–Crippen MR) is 97.5 cm³/mol. The summed E-state index contributed by atoms with van der Waals surface area (Å²) >= 11 is 0. The van der Waals surface area contributed by atoms with Crippen LogP contribution in [-0.2, 0) is 16.4 Å². The van der Waals surface area contributed by atoms with E-state index in [0.717, 1.165) is 18.2 Å². The predicted octanol–water partition coefficient (Wildman–Crippen LogP) is 4.41. The van der Waals surface area contributed by atoms with E-state index in [1.165, 1.54) is 18.2 Å². The number of hydrogen-bond acceptors (Lipinski definition) is 2. The maximum absolute atomic E-state index is 14.0. The van der Waals surface area contributed by atoms with Crippen molar-refractivity contribution in [1.82, 2.24) is 5.32 Å². The van der Waals surface area contributed by atoms with Crippen LogP contribution in [-0.4, -0.2) is 25.0 Å². The Morgan fingerprint density at radius 1 is 1.10 bits per heavy atom. The van der Waals surface area contributed by atoms with Crippen LogP contribution in [0.5, 0.6) is 0 Å². The van der Waals surface area contributed by atoms with Crippen molar-refractivity contribution in [2.75, 3.05) is 18.0 Å². The average Bonchev–Trinajstić information content (AvgIpc) is 3.36. The molecule has 2 aromatic carbocycles. The van der Waals surface area contributed by atoms with Gasteiger partial charge in [-0.05, 0) is 43.0 Å². The van der Waals surface area contributed by atoms with E-state index in [2.05, 4.69) is 5.32 Å². The smallest absolute Gasteiger partial charge is 0.367 e. The maximum Gasteiger partial charge on any atom is 0.416 e. The number of nitrogens with one attached hydrogen (secondary N) is 1. The molecule has 3 nitrogen and oxygen atoms in total. The van der Waals surface area contributed by atoms with Crippen molar-refractivity contribution < 1.29 is 26.7 Å². The van der Waals surface area contributed by atoms with Gasteiger partial charge in [0.2, 0.25) is 5.91 Å². The fraction of sp³-hybridized carbons (Fsp3) is 0.381. The first-order chi connectivity index (χ1) is 13.7. The number of halogens is 5. The molecule has 1 unspecified atom stereocenters. The molecular weight excluding hydrogens is 391 g/mol.